The van der Waals surface area contributed by atoms with E-state index in [1.54, 1.807) is 6.07 Å². The average molecular weight is 285 g/mol. The van der Waals surface area contributed by atoms with Crippen molar-refractivity contribution in [1.29, 1.82) is 0 Å². The summed E-state index contributed by atoms with van der Waals surface area (Å²) in [5, 5.41) is 0.435. The molecule has 0 bridgehead atoms. The second kappa shape index (κ2) is 5.13. The van der Waals surface area contributed by atoms with Gasteiger partial charge < -0.3 is 0 Å². The number of aldehydes is 1. The quantitative estimate of drug-likeness (QED) is 0.791. The molecule has 0 spiro atoms. The summed E-state index contributed by atoms with van der Waals surface area (Å²) >= 11 is 1.25. The molecule has 0 aliphatic carbocycles. The van der Waals surface area contributed by atoms with Crippen LogP contribution in [0.2, 0.25) is 0 Å². The molecule has 0 saturated carbocycles. The maximum atomic E-state index is 12.6. The lowest BCUT2D eigenvalue weighted by molar-refractivity contribution is -0.137. The Morgan fingerprint density at radius 3 is 2.63 bits per heavy atom. The van der Waals surface area contributed by atoms with Crippen molar-refractivity contribution >= 4 is 17.6 Å². The zero-order valence-corrected chi connectivity index (χ0v) is 10.8. The van der Waals surface area contributed by atoms with Crippen LogP contribution in [0.15, 0.2) is 24.3 Å². The third-order valence-corrected chi connectivity index (χ3v) is 3.86. The Bertz CT molecular complexity index is 604. The van der Waals surface area contributed by atoms with Crippen LogP contribution in [0.3, 0.4) is 0 Å². The van der Waals surface area contributed by atoms with Gasteiger partial charge in [0, 0.05) is 10.4 Å². The first-order valence-corrected chi connectivity index (χ1v) is 6.40. The molecule has 0 aliphatic rings. The molecular formula is C13H10F3NOS. The first kappa shape index (κ1) is 13.7. The van der Waals surface area contributed by atoms with Crippen molar-refractivity contribution < 1.29 is 18.0 Å². The second-order valence-corrected chi connectivity index (χ2v) is 4.96. The van der Waals surface area contributed by atoms with E-state index in [1.807, 2.05) is 6.92 Å². The number of thiazole rings is 1. The van der Waals surface area contributed by atoms with Crippen LogP contribution in [0.5, 0.6) is 0 Å². The lowest BCUT2D eigenvalue weighted by Crippen LogP contribution is -2.04. The molecule has 100 valence electrons. The number of nitrogens with zero attached hydrogens (tertiary/aromatic N) is 1. The number of hydrogen-bond acceptors (Lipinski definition) is 3. The molecule has 0 radical (unpaired) electrons. The van der Waals surface area contributed by atoms with E-state index < -0.39 is 11.7 Å². The molecule has 1 heterocycles. The fraction of sp³-hybridized carbons (Fsp3) is 0.231. The Balaban J connectivity index is 2.47. The van der Waals surface area contributed by atoms with Gasteiger partial charge in [0.1, 0.15) is 10.7 Å². The number of aryl methyl sites for hydroxylation is 1. The summed E-state index contributed by atoms with van der Waals surface area (Å²) in [7, 11) is 0. The van der Waals surface area contributed by atoms with E-state index in [1.165, 1.54) is 17.4 Å². The van der Waals surface area contributed by atoms with Gasteiger partial charge in [-0.2, -0.15) is 13.2 Å². The number of benzene rings is 1. The fourth-order valence-corrected chi connectivity index (χ4v) is 2.63. The zero-order valence-electron chi connectivity index (χ0n) is 9.99. The van der Waals surface area contributed by atoms with Crippen molar-refractivity contribution in [2.45, 2.75) is 19.5 Å². The Morgan fingerprint density at radius 2 is 2.11 bits per heavy atom. The van der Waals surface area contributed by atoms with E-state index in [9.17, 15) is 18.0 Å². The highest BCUT2D eigenvalue weighted by Gasteiger charge is 2.30. The summed E-state index contributed by atoms with van der Waals surface area (Å²) in [5.41, 5.74) is -0.0339. The largest absolute Gasteiger partial charge is 0.416 e. The Kier molecular flexibility index (Phi) is 3.71. The van der Waals surface area contributed by atoms with Crippen LogP contribution >= 0.6 is 11.3 Å². The van der Waals surface area contributed by atoms with Crippen LogP contribution < -0.4 is 0 Å². The minimum atomic E-state index is -4.38. The smallest absolute Gasteiger partial charge is 0.296 e. The van der Waals surface area contributed by atoms with Crippen LogP contribution in [0, 0.1) is 0 Å². The number of carbonyl (C=O) groups excluding carboxylic acids is 1. The van der Waals surface area contributed by atoms with Crippen molar-refractivity contribution in [2.24, 2.45) is 0 Å². The second-order valence-electron chi connectivity index (χ2n) is 3.88. The molecule has 0 atom stereocenters. The van der Waals surface area contributed by atoms with E-state index in [0.717, 1.165) is 17.0 Å². The number of alkyl halides is 3. The van der Waals surface area contributed by atoms with E-state index >= 15 is 0 Å². The molecular weight excluding hydrogens is 275 g/mol. The summed E-state index contributed by atoms with van der Waals surface area (Å²) in [6, 6.07) is 4.96. The van der Waals surface area contributed by atoms with Gasteiger partial charge in [0.2, 0.25) is 0 Å². The van der Waals surface area contributed by atoms with Gasteiger partial charge in [0.05, 0.1) is 5.56 Å². The molecule has 1 aromatic heterocycles. The van der Waals surface area contributed by atoms with Crippen molar-refractivity contribution in [2.75, 3.05) is 0 Å². The van der Waals surface area contributed by atoms with Crippen LogP contribution in [0.4, 0.5) is 13.2 Å². The van der Waals surface area contributed by atoms with Crippen molar-refractivity contribution in [3.05, 3.63) is 40.4 Å². The van der Waals surface area contributed by atoms with Crippen molar-refractivity contribution in [1.82, 2.24) is 4.98 Å². The summed E-state index contributed by atoms with van der Waals surface area (Å²) < 4.78 is 37.9. The first-order valence-electron chi connectivity index (χ1n) is 5.58. The summed E-state index contributed by atoms with van der Waals surface area (Å²) in [6.45, 7) is 1.87. The monoisotopic (exact) mass is 285 g/mol. The van der Waals surface area contributed by atoms with E-state index in [-0.39, 0.29) is 0 Å². The third-order valence-electron chi connectivity index (χ3n) is 2.60. The van der Waals surface area contributed by atoms with Gasteiger partial charge in [-0.05, 0) is 18.6 Å². The maximum Gasteiger partial charge on any atom is 0.416 e. The van der Waals surface area contributed by atoms with Crippen LogP contribution in [0.1, 0.15) is 27.9 Å². The zero-order chi connectivity index (χ0) is 14.0. The predicted octanol–water partition coefficient (Wildman–Crippen LogP) is 4.20. The lowest BCUT2D eigenvalue weighted by Gasteiger charge is -2.07. The number of carbonyl (C=O) groups is 1. The molecule has 0 saturated heterocycles. The minimum Gasteiger partial charge on any atom is -0.296 e. The predicted molar refractivity (Wildman–Crippen MR) is 67.3 cm³/mol. The highest BCUT2D eigenvalue weighted by molar-refractivity contribution is 7.15. The normalized spacial score (nSPS) is 11.6. The molecule has 2 nitrogen and oxygen atoms in total. The standard InChI is InChI=1S/C13H10F3NOS/c1-2-11-10(7-18)17-12(19-11)8-4-3-5-9(6-8)13(14,15)16/h3-7H,2H2,1H3. The fourth-order valence-electron chi connectivity index (χ4n) is 1.66. The summed E-state index contributed by atoms with van der Waals surface area (Å²) in [5.74, 6) is 0. The Hall–Kier alpha value is -1.69. The molecule has 0 unspecified atom stereocenters. The van der Waals surface area contributed by atoms with Gasteiger partial charge >= 0.3 is 6.18 Å². The minimum absolute atomic E-state index is 0.305. The highest BCUT2D eigenvalue weighted by Crippen LogP contribution is 2.34. The van der Waals surface area contributed by atoms with E-state index in [4.69, 9.17) is 0 Å². The third kappa shape index (κ3) is 2.84. The van der Waals surface area contributed by atoms with Crippen molar-refractivity contribution in [3.8, 4) is 10.6 Å². The van der Waals surface area contributed by atoms with Gasteiger partial charge in [-0.15, -0.1) is 11.3 Å². The average Bonchev–Trinajstić information content (AvgIpc) is 2.81. The Morgan fingerprint density at radius 1 is 1.37 bits per heavy atom. The summed E-state index contributed by atoms with van der Waals surface area (Å²) in [6.07, 6.45) is -3.12. The topological polar surface area (TPSA) is 30.0 Å². The van der Waals surface area contributed by atoms with Crippen LogP contribution in [0.25, 0.3) is 10.6 Å². The number of halogens is 3. The SMILES string of the molecule is CCc1sc(-c2cccc(C(F)(F)F)c2)nc1C=O. The molecule has 0 fully saturated rings. The van der Waals surface area contributed by atoms with Gasteiger partial charge in [-0.3, -0.25) is 4.79 Å². The first-order chi connectivity index (χ1) is 8.95. The van der Waals surface area contributed by atoms with Gasteiger partial charge in [0.25, 0.3) is 0 Å². The lowest BCUT2D eigenvalue weighted by atomic mass is 10.1. The molecule has 19 heavy (non-hydrogen) atoms. The summed E-state index contributed by atoms with van der Waals surface area (Å²) in [4.78, 5) is 15.7. The number of aromatic nitrogens is 1. The maximum absolute atomic E-state index is 12.6. The van der Waals surface area contributed by atoms with Crippen LogP contribution in [-0.2, 0) is 12.6 Å². The Labute approximate surface area is 111 Å². The molecule has 0 aliphatic heterocycles. The highest BCUT2D eigenvalue weighted by atomic mass is 32.1. The van der Waals surface area contributed by atoms with Gasteiger partial charge in [-0.25, -0.2) is 4.98 Å². The number of hydrogen-bond donors (Lipinski definition) is 0. The molecule has 0 N–H and O–H groups in total. The van der Waals surface area contributed by atoms with E-state index in [2.05, 4.69) is 4.98 Å². The van der Waals surface area contributed by atoms with Gasteiger partial charge in [0.15, 0.2) is 6.29 Å². The van der Waals surface area contributed by atoms with Crippen molar-refractivity contribution in [3.63, 3.8) is 0 Å². The van der Waals surface area contributed by atoms with Gasteiger partial charge in [-0.1, -0.05) is 19.1 Å². The molecule has 1 aromatic carbocycles. The van der Waals surface area contributed by atoms with Crippen LogP contribution in [-0.4, -0.2) is 11.3 Å². The number of rotatable bonds is 3. The van der Waals surface area contributed by atoms with E-state index in [0.29, 0.717) is 29.0 Å². The molecule has 0 amide bonds. The molecule has 6 heteroatoms. The molecule has 2 rings (SSSR count). The molecule has 2 aromatic rings.